The molecule has 0 aromatic heterocycles. The number of carbonyl (C=O) groups is 1. The standard InChI is InChI=1S/C23H32N4O2.HI/c1-2-24-23(25-13-6-16-27-15-5-10-22(27)28)26-14-7-17-29-21-12-11-19-8-3-4-9-20(19)18-21;/h3-4,8-9,11-12,18H,2,5-7,10,13-17H2,1H3,(H2,24,25,26);1H. The highest BCUT2D eigenvalue weighted by molar-refractivity contribution is 14.0. The van der Waals surface area contributed by atoms with Gasteiger partial charge in [-0.2, -0.15) is 0 Å². The quantitative estimate of drug-likeness (QED) is 0.215. The first-order chi connectivity index (χ1) is 14.3. The molecule has 1 amide bonds. The number of aliphatic imine (C=N–C) groups is 1. The molecule has 0 unspecified atom stereocenters. The molecule has 1 aliphatic rings. The lowest BCUT2D eigenvalue weighted by Crippen LogP contribution is -2.39. The smallest absolute Gasteiger partial charge is 0.222 e. The Morgan fingerprint density at radius 2 is 1.97 bits per heavy atom. The van der Waals surface area contributed by atoms with Gasteiger partial charge in [0.15, 0.2) is 5.96 Å². The molecule has 2 N–H and O–H groups in total. The Kier molecular flexibility index (Phi) is 10.8. The first-order valence-corrected chi connectivity index (χ1v) is 10.7. The number of hydrogen-bond acceptors (Lipinski definition) is 3. The van der Waals surface area contributed by atoms with Gasteiger partial charge in [0.05, 0.1) is 6.61 Å². The molecule has 0 bridgehead atoms. The largest absolute Gasteiger partial charge is 0.494 e. The molecule has 1 aliphatic heterocycles. The Morgan fingerprint density at radius 1 is 1.13 bits per heavy atom. The zero-order valence-corrected chi connectivity index (χ0v) is 20.1. The van der Waals surface area contributed by atoms with Gasteiger partial charge < -0.3 is 20.3 Å². The first kappa shape index (κ1) is 24.2. The molecule has 30 heavy (non-hydrogen) atoms. The summed E-state index contributed by atoms with van der Waals surface area (Å²) in [6.07, 6.45) is 3.49. The van der Waals surface area contributed by atoms with Crippen molar-refractivity contribution >= 4 is 46.6 Å². The van der Waals surface area contributed by atoms with Crippen LogP contribution in [-0.2, 0) is 4.79 Å². The summed E-state index contributed by atoms with van der Waals surface area (Å²) in [7, 11) is 0. The second-order valence-corrected chi connectivity index (χ2v) is 7.24. The maximum atomic E-state index is 11.6. The second-order valence-electron chi connectivity index (χ2n) is 7.24. The van der Waals surface area contributed by atoms with Crippen LogP contribution < -0.4 is 15.4 Å². The van der Waals surface area contributed by atoms with E-state index in [0.717, 1.165) is 57.2 Å². The fourth-order valence-electron chi connectivity index (χ4n) is 3.46. The van der Waals surface area contributed by atoms with Crippen LogP contribution in [0.4, 0.5) is 0 Å². The SMILES string of the molecule is CCNC(=NCCCOc1ccc2ccccc2c1)NCCCN1CCCC1=O.I. The van der Waals surface area contributed by atoms with Gasteiger partial charge in [0.1, 0.15) is 5.75 Å². The molecule has 0 atom stereocenters. The van der Waals surface area contributed by atoms with Gasteiger partial charge in [0, 0.05) is 45.6 Å². The number of likely N-dealkylation sites (tertiary alicyclic amines) is 1. The lowest BCUT2D eigenvalue weighted by molar-refractivity contribution is -0.127. The van der Waals surface area contributed by atoms with Crippen molar-refractivity contribution in [2.45, 2.75) is 32.6 Å². The molecular weight excluding hydrogens is 491 g/mol. The minimum absolute atomic E-state index is 0. The third-order valence-corrected chi connectivity index (χ3v) is 4.97. The topological polar surface area (TPSA) is 66.0 Å². The lowest BCUT2D eigenvalue weighted by atomic mass is 10.1. The van der Waals surface area contributed by atoms with E-state index in [0.29, 0.717) is 19.6 Å². The number of benzene rings is 2. The lowest BCUT2D eigenvalue weighted by Gasteiger charge is -2.16. The molecule has 1 saturated heterocycles. The third-order valence-electron chi connectivity index (χ3n) is 4.97. The van der Waals surface area contributed by atoms with Gasteiger partial charge in [-0.05, 0) is 42.7 Å². The summed E-state index contributed by atoms with van der Waals surface area (Å²) < 4.78 is 5.87. The highest BCUT2D eigenvalue weighted by Gasteiger charge is 2.18. The Balaban J connectivity index is 0.00000320. The minimum Gasteiger partial charge on any atom is -0.494 e. The van der Waals surface area contributed by atoms with E-state index in [1.165, 1.54) is 10.8 Å². The van der Waals surface area contributed by atoms with Gasteiger partial charge in [-0.3, -0.25) is 9.79 Å². The van der Waals surface area contributed by atoms with Crippen molar-refractivity contribution in [3.63, 3.8) is 0 Å². The maximum absolute atomic E-state index is 11.6. The molecule has 1 fully saturated rings. The van der Waals surface area contributed by atoms with Crippen LogP contribution in [-0.4, -0.2) is 56.1 Å². The van der Waals surface area contributed by atoms with E-state index in [9.17, 15) is 4.79 Å². The molecule has 2 aromatic carbocycles. The number of guanidine groups is 1. The highest BCUT2D eigenvalue weighted by atomic mass is 127. The molecule has 6 nitrogen and oxygen atoms in total. The zero-order chi connectivity index (χ0) is 20.3. The molecule has 0 radical (unpaired) electrons. The summed E-state index contributed by atoms with van der Waals surface area (Å²) in [6, 6.07) is 14.5. The van der Waals surface area contributed by atoms with Gasteiger partial charge in [-0.1, -0.05) is 30.3 Å². The van der Waals surface area contributed by atoms with Gasteiger partial charge >= 0.3 is 0 Å². The van der Waals surface area contributed by atoms with Crippen LogP contribution in [0.3, 0.4) is 0 Å². The molecular formula is C23H33IN4O2. The number of amides is 1. The fourth-order valence-corrected chi connectivity index (χ4v) is 3.46. The van der Waals surface area contributed by atoms with Crippen LogP contribution in [0.5, 0.6) is 5.75 Å². The summed E-state index contributed by atoms with van der Waals surface area (Å²) in [5.41, 5.74) is 0. The van der Waals surface area contributed by atoms with Crippen LogP contribution in [0.1, 0.15) is 32.6 Å². The van der Waals surface area contributed by atoms with Gasteiger partial charge in [0.25, 0.3) is 0 Å². The van der Waals surface area contributed by atoms with E-state index in [1.54, 1.807) is 0 Å². The van der Waals surface area contributed by atoms with Crippen LogP contribution in [0.15, 0.2) is 47.5 Å². The van der Waals surface area contributed by atoms with Crippen molar-refractivity contribution in [1.29, 1.82) is 0 Å². The van der Waals surface area contributed by atoms with E-state index in [1.807, 2.05) is 23.1 Å². The van der Waals surface area contributed by atoms with E-state index in [-0.39, 0.29) is 29.9 Å². The number of ether oxygens (including phenoxy) is 1. The van der Waals surface area contributed by atoms with Crippen LogP contribution in [0, 0.1) is 0 Å². The number of fused-ring (bicyclic) bond motifs is 1. The molecule has 0 saturated carbocycles. The number of halogens is 1. The summed E-state index contributed by atoms with van der Waals surface area (Å²) in [4.78, 5) is 18.2. The molecule has 0 aliphatic carbocycles. The van der Waals surface area contributed by atoms with Crippen LogP contribution in [0.2, 0.25) is 0 Å². The fraction of sp³-hybridized carbons (Fsp3) is 0.478. The molecule has 0 spiro atoms. The van der Waals surface area contributed by atoms with Gasteiger partial charge in [0.2, 0.25) is 5.91 Å². The average molecular weight is 524 g/mol. The Hall–Kier alpha value is -2.03. The second kappa shape index (κ2) is 13.3. The average Bonchev–Trinajstić information content (AvgIpc) is 3.15. The Morgan fingerprint density at radius 3 is 2.73 bits per heavy atom. The molecule has 164 valence electrons. The van der Waals surface area contributed by atoms with Crippen molar-refractivity contribution in [2.24, 2.45) is 4.99 Å². The summed E-state index contributed by atoms with van der Waals surface area (Å²) >= 11 is 0. The van der Waals surface area contributed by atoms with E-state index in [2.05, 4.69) is 46.8 Å². The van der Waals surface area contributed by atoms with Gasteiger partial charge in [-0.15, -0.1) is 24.0 Å². The zero-order valence-electron chi connectivity index (χ0n) is 17.7. The minimum atomic E-state index is 0. The summed E-state index contributed by atoms with van der Waals surface area (Å²) in [6.45, 7) is 6.76. The predicted octanol–water partition coefficient (Wildman–Crippen LogP) is 3.79. The van der Waals surface area contributed by atoms with E-state index < -0.39 is 0 Å². The third kappa shape index (κ3) is 7.66. The number of carbonyl (C=O) groups excluding carboxylic acids is 1. The molecule has 3 rings (SSSR count). The predicted molar refractivity (Wildman–Crippen MR) is 134 cm³/mol. The van der Waals surface area contributed by atoms with E-state index in [4.69, 9.17) is 4.74 Å². The normalized spacial score (nSPS) is 14.0. The molecule has 7 heteroatoms. The van der Waals surface area contributed by atoms with Crippen molar-refractivity contribution in [2.75, 3.05) is 39.3 Å². The summed E-state index contributed by atoms with van der Waals surface area (Å²) in [5.74, 6) is 2.01. The van der Waals surface area contributed by atoms with Crippen LogP contribution >= 0.6 is 24.0 Å². The van der Waals surface area contributed by atoms with Crippen molar-refractivity contribution in [3.8, 4) is 5.75 Å². The molecule has 2 aromatic rings. The monoisotopic (exact) mass is 524 g/mol. The van der Waals surface area contributed by atoms with Crippen molar-refractivity contribution < 1.29 is 9.53 Å². The Bertz CT molecular complexity index is 828. The van der Waals surface area contributed by atoms with E-state index >= 15 is 0 Å². The van der Waals surface area contributed by atoms with Gasteiger partial charge in [-0.25, -0.2) is 0 Å². The van der Waals surface area contributed by atoms with Crippen molar-refractivity contribution in [1.82, 2.24) is 15.5 Å². The highest BCUT2D eigenvalue weighted by Crippen LogP contribution is 2.20. The number of nitrogens with zero attached hydrogens (tertiary/aromatic N) is 2. The van der Waals surface area contributed by atoms with Crippen molar-refractivity contribution in [3.05, 3.63) is 42.5 Å². The number of nitrogens with one attached hydrogen (secondary N) is 2. The Labute approximate surface area is 196 Å². The molecule has 1 heterocycles. The maximum Gasteiger partial charge on any atom is 0.222 e. The van der Waals surface area contributed by atoms with Crippen LogP contribution in [0.25, 0.3) is 10.8 Å². The number of rotatable bonds is 10. The number of hydrogen-bond donors (Lipinski definition) is 2. The first-order valence-electron chi connectivity index (χ1n) is 10.7. The summed E-state index contributed by atoms with van der Waals surface area (Å²) in [5, 5.41) is 9.03.